The number of aliphatic hydroxyl groups is 1. The second-order valence-corrected chi connectivity index (χ2v) is 10.6. The van der Waals surface area contributed by atoms with Crippen molar-refractivity contribution in [3.8, 4) is 0 Å². The van der Waals surface area contributed by atoms with Crippen molar-refractivity contribution in [1.82, 2.24) is 0 Å². The van der Waals surface area contributed by atoms with Crippen molar-refractivity contribution in [2.24, 2.45) is 33.7 Å². The molecule has 3 fully saturated rings. The van der Waals surface area contributed by atoms with E-state index in [4.69, 9.17) is 9.47 Å². The molecule has 4 rings (SSSR count). The number of hydrogen-bond acceptors (Lipinski definition) is 6. The summed E-state index contributed by atoms with van der Waals surface area (Å²) < 4.78 is 11.5. The summed E-state index contributed by atoms with van der Waals surface area (Å²) in [5.41, 5.74) is 0.852. The number of carbonyl (C=O) groups excluding carboxylic acids is 1. The van der Waals surface area contributed by atoms with Gasteiger partial charge in [-0.2, -0.15) is 0 Å². The van der Waals surface area contributed by atoms with Gasteiger partial charge in [-0.1, -0.05) is 30.7 Å². The summed E-state index contributed by atoms with van der Waals surface area (Å²) in [4.78, 5) is 11.4. The minimum absolute atomic E-state index is 0.00471. The highest BCUT2D eigenvalue weighted by Gasteiger charge is 2.69. The molecule has 0 unspecified atom stereocenters. The van der Waals surface area contributed by atoms with Gasteiger partial charge in [-0.3, -0.25) is 4.79 Å². The van der Waals surface area contributed by atoms with Crippen molar-refractivity contribution >= 4 is 11.7 Å². The van der Waals surface area contributed by atoms with Gasteiger partial charge in [0.25, 0.3) is 0 Å². The standard InChI is InChI=1S/C24H37NO5/c1-14(25-28)24(29-5)21(27)13-20-18-7-6-16-12-17(30-15(2)26)8-10-22(16,3)19(18)9-11-23(20,24)4/h6,17-21,27-28H,7-13H2,1-5H3/b25-14+/t17-,18-,19+,20-,21+,22-,23-,24-/m0/s1. The molecule has 8 atom stereocenters. The third-order valence-electron chi connectivity index (χ3n) is 9.59. The molecule has 0 amide bonds. The monoisotopic (exact) mass is 419 g/mol. The number of oxime groups is 1. The molecule has 2 N–H and O–H groups in total. The molecule has 0 aliphatic heterocycles. The van der Waals surface area contributed by atoms with Gasteiger partial charge in [0.1, 0.15) is 11.7 Å². The number of methoxy groups -OCH3 is 1. The summed E-state index contributed by atoms with van der Waals surface area (Å²) in [6.45, 7) is 7.88. The number of nitrogens with zero attached hydrogens (tertiary/aromatic N) is 1. The van der Waals surface area contributed by atoms with Gasteiger partial charge in [-0.25, -0.2) is 0 Å². The summed E-state index contributed by atoms with van der Waals surface area (Å²) in [5.74, 6) is 1.15. The average Bonchev–Trinajstić information content (AvgIpc) is 2.94. The summed E-state index contributed by atoms with van der Waals surface area (Å²) in [7, 11) is 1.63. The van der Waals surface area contributed by atoms with Crippen LogP contribution in [0, 0.1) is 28.6 Å². The fourth-order valence-corrected chi connectivity index (χ4v) is 8.21. The number of aliphatic hydroxyl groups excluding tert-OH is 1. The first-order chi connectivity index (χ1) is 14.1. The molecule has 6 heteroatoms. The molecule has 0 radical (unpaired) electrons. The molecule has 0 bridgehead atoms. The Kier molecular flexibility index (Phi) is 5.33. The first-order valence-corrected chi connectivity index (χ1v) is 11.4. The largest absolute Gasteiger partial charge is 0.462 e. The van der Waals surface area contributed by atoms with Crippen molar-refractivity contribution < 1.29 is 24.6 Å². The number of rotatable bonds is 3. The Bertz CT molecular complexity index is 778. The highest BCUT2D eigenvalue weighted by atomic mass is 16.5. The molecular formula is C24H37NO5. The van der Waals surface area contributed by atoms with Crippen LogP contribution in [0.1, 0.15) is 72.6 Å². The van der Waals surface area contributed by atoms with E-state index >= 15 is 0 Å². The Morgan fingerprint density at radius 1 is 1.20 bits per heavy atom. The topological polar surface area (TPSA) is 88.3 Å². The zero-order valence-electron chi connectivity index (χ0n) is 19.0. The number of allylic oxidation sites excluding steroid dienone is 1. The van der Waals surface area contributed by atoms with Crippen LogP contribution in [0.15, 0.2) is 16.8 Å². The van der Waals surface area contributed by atoms with Crippen LogP contribution in [0.4, 0.5) is 0 Å². The lowest BCUT2D eigenvalue weighted by Crippen LogP contribution is -2.60. The van der Waals surface area contributed by atoms with Crippen LogP contribution in [-0.2, 0) is 14.3 Å². The minimum atomic E-state index is -0.935. The second-order valence-electron chi connectivity index (χ2n) is 10.6. The first-order valence-electron chi connectivity index (χ1n) is 11.4. The fraction of sp³-hybridized carbons (Fsp3) is 0.833. The van der Waals surface area contributed by atoms with E-state index in [2.05, 4.69) is 25.1 Å². The molecule has 0 saturated heterocycles. The van der Waals surface area contributed by atoms with E-state index in [1.807, 2.05) is 0 Å². The molecule has 168 valence electrons. The SMILES string of the molecule is CO[C@@]1(/C(C)=N/O)[C@H](O)C[C@H]2[C@H]3CC=C4C[C@@H](OC(C)=O)CC[C@]4(C)[C@@H]3CC[C@@]21C. The number of fused-ring (bicyclic) bond motifs is 5. The predicted molar refractivity (Wildman–Crippen MR) is 113 cm³/mol. The number of carbonyl (C=O) groups is 1. The lowest BCUT2D eigenvalue weighted by Gasteiger charge is -2.59. The van der Waals surface area contributed by atoms with Crippen LogP contribution in [-0.4, -0.2) is 46.9 Å². The summed E-state index contributed by atoms with van der Waals surface area (Å²) in [5, 5.41) is 24.2. The van der Waals surface area contributed by atoms with E-state index < -0.39 is 11.7 Å². The molecular weight excluding hydrogens is 382 g/mol. The van der Waals surface area contributed by atoms with Crippen molar-refractivity contribution in [1.29, 1.82) is 0 Å². The van der Waals surface area contributed by atoms with Gasteiger partial charge in [0.15, 0.2) is 0 Å². The lowest BCUT2D eigenvalue weighted by atomic mass is 9.46. The first kappa shape index (κ1) is 21.8. The maximum absolute atomic E-state index is 11.4. The molecule has 4 aliphatic rings. The van der Waals surface area contributed by atoms with E-state index in [0.717, 1.165) is 38.5 Å². The Morgan fingerprint density at radius 2 is 1.93 bits per heavy atom. The quantitative estimate of drug-likeness (QED) is 0.236. The molecule has 6 nitrogen and oxygen atoms in total. The van der Waals surface area contributed by atoms with Gasteiger partial charge in [0, 0.05) is 25.9 Å². The van der Waals surface area contributed by atoms with Gasteiger partial charge in [0.05, 0.1) is 11.8 Å². The Balaban J connectivity index is 1.66. The van der Waals surface area contributed by atoms with Crippen molar-refractivity contribution in [2.45, 2.75) is 90.4 Å². The van der Waals surface area contributed by atoms with E-state index in [-0.39, 0.29) is 22.9 Å². The normalized spacial score (nSPS) is 48.3. The van der Waals surface area contributed by atoms with Gasteiger partial charge in [0.2, 0.25) is 0 Å². The predicted octanol–water partition coefficient (Wildman–Crippen LogP) is 4.09. The maximum Gasteiger partial charge on any atom is 0.302 e. The number of hydrogen-bond donors (Lipinski definition) is 2. The van der Waals surface area contributed by atoms with Crippen LogP contribution in [0.25, 0.3) is 0 Å². The van der Waals surface area contributed by atoms with Gasteiger partial charge >= 0.3 is 5.97 Å². The smallest absolute Gasteiger partial charge is 0.302 e. The summed E-state index contributed by atoms with van der Waals surface area (Å²) >= 11 is 0. The van der Waals surface area contributed by atoms with E-state index in [9.17, 15) is 15.1 Å². The third-order valence-corrected chi connectivity index (χ3v) is 9.59. The van der Waals surface area contributed by atoms with E-state index in [0.29, 0.717) is 29.9 Å². The maximum atomic E-state index is 11.4. The van der Waals surface area contributed by atoms with Crippen molar-refractivity contribution in [3.05, 3.63) is 11.6 Å². The summed E-state index contributed by atoms with van der Waals surface area (Å²) in [6, 6.07) is 0. The number of ether oxygens (including phenoxy) is 2. The molecule has 0 spiro atoms. The zero-order chi connectivity index (χ0) is 21.9. The van der Waals surface area contributed by atoms with Crippen LogP contribution in [0.2, 0.25) is 0 Å². The van der Waals surface area contributed by atoms with Crippen molar-refractivity contribution in [2.75, 3.05) is 7.11 Å². The second kappa shape index (κ2) is 7.33. The van der Waals surface area contributed by atoms with Crippen LogP contribution < -0.4 is 0 Å². The van der Waals surface area contributed by atoms with Crippen molar-refractivity contribution in [3.63, 3.8) is 0 Å². The molecule has 0 heterocycles. The van der Waals surface area contributed by atoms with Crippen LogP contribution >= 0.6 is 0 Å². The Morgan fingerprint density at radius 3 is 2.57 bits per heavy atom. The molecule has 0 aromatic heterocycles. The van der Waals surface area contributed by atoms with E-state index in [1.165, 1.54) is 12.5 Å². The van der Waals surface area contributed by atoms with Gasteiger partial charge in [-0.05, 0) is 68.6 Å². The number of esters is 1. The molecule has 3 saturated carbocycles. The van der Waals surface area contributed by atoms with Crippen LogP contribution in [0.3, 0.4) is 0 Å². The summed E-state index contributed by atoms with van der Waals surface area (Å²) in [6.07, 6.45) is 8.20. The molecule has 0 aromatic carbocycles. The third kappa shape index (κ3) is 2.75. The molecule has 4 aliphatic carbocycles. The Labute approximate surface area is 179 Å². The van der Waals surface area contributed by atoms with Gasteiger partial charge in [-0.15, -0.1) is 0 Å². The highest BCUT2D eigenvalue weighted by Crippen LogP contribution is 2.68. The lowest BCUT2D eigenvalue weighted by molar-refractivity contribution is -0.149. The fourth-order valence-electron chi connectivity index (χ4n) is 8.21. The minimum Gasteiger partial charge on any atom is -0.462 e. The Hall–Kier alpha value is -1.40. The highest BCUT2D eigenvalue weighted by molar-refractivity contribution is 5.92. The van der Waals surface area contributed by atoms with Crippen LogP contribution in [0.5, 0.6) is 0 Å². The molecule has 30 heavy (non-hydrogen) atoms. The zero-order valence-corrected chi connectivity index (χ0v) is 19.0. The van der Waals surface area contributed by atoms with Gasteiger partial charge < -0.3 is 19.8 Å². The van der Waals surface area contributed by atoms with E-state index in [1.54, 1.807) is 14.0 Å². The molecule has 0 aromatic rings. The average molecular weight is 420 g/mol.